The number of methoxy groups -OCH3 is 1. The Kier molecular flexibility index (Phi) is 5.67. The van der Waals surface area contributed by atoms with Gasteiger partial charge >= 0.3 is 5.69 Å². The fourth-order valence-electron chi connectivity index (χ4n) is 2.02. The zero-order chi connectivity index (χ0) is 17.7. The molecule has 0 spiro atoms. The zero-order valence-electron chi connectivity index (χ0n) is 12.5. The van der Waals surface area contributed by atoms with Crippen LogP contribution in [0.1, 0.15) is 11.1 Å². The van der Waals surface area contributed by atoms with E-state index in [9.17, 15) is 10.1 Å². The molecule has 0 aliphatic rings. The number of rotatable bonds is 5. The minimum atomic E-state index is -0.529. The van der Waals surface area contributed by atoms with E-state index < -0.39 is 4.92 Å². The highest BCUT2D eigenvalue weighted by atomic mass is 35.5. The van der Waals surface area contributed by atoms with Crippen molar-refractivity contribution in [3.63, 3.8) is 0 Å². The van der Waals surface area contributed by atoms with Crippen LogP contribution < -0.4 is 15.9 Å². The Morgan fingerprint density at radius 1 is 1.33 bits per heavy atom. The molecule has 0 unspecified atom stereocenters. The standard InChI is InChI=1S/C15H13ClN4O3S/c1-23-13-6-5-10(8-12(13)20(21)22)14(18-19-15(17)24)9-3-2-4-11(16)7-9/h2-8H,1H3,(H3,17,19,24)/b18-14-. The smallest absolute Gasteiger partial charge is 0.311 e. The summed E-state index contributed by atoms with van der Waals surface area (Å²) < 4.78 is 5.01. The van der Waals surface area contributed by atoms with Crippen molar-refractivity contribution in [3.05, 3.63) is 68.7 Å². The summed E-state index contributed by atoms with van der Waals surface area (Å²) in [6.45, 7) is 0. The summed E-state index contributed by atoms with van der Waals surface area (Å²) in [5, 5.41) is 15.8. The average Bonchev–Trinajstić information content (AvgIpc) is 2.54. The van der Waals surface area contributed by atoms with Gasteiger partial charge in [0.1, 0.15) is 0 Å². The molecule has 2 aromatic rings. The van der Waals surface area contributed by atoms with E-state index in [1.807, 2.05) is 0 Å². The van der Waals surface area contributed by atoms with E-state index in [4.69, 9.17) is 34.3 Å². The molecule has 0 atom stereocenters. The first-order valence-corrected chi connectivity index (χ1v) is 7.43. The number of nitro benzene ring substituents is 1. The largest absolute Gasteiger partial charge is 0.490 e. The van der Waals surface area contributed by atoms with Crippen molar-refractivity contribution < 1.29 is 9.66 Å². The summed E-state index contributed by atoms with van der Waals surface area (Å²) in [7, 11) is 1.36. The number of hydrazone groups is 1. The summed E-state index contributed by atoms with van der Waals surface area (Å²) >= 11 is 10.8. The first-order chi connectivity index (χ1) is 11.4. The predicted molar refractivity (Wildman–Crippen MR) is 96.7 cm³/mol. The Labute approximate surface area is 148 Å². The van der Waals surface area contributed by atoms with Crippen molar-refractivity contribution in [1.29, 1.82) is 0 Å². The lowest BCUT2D eigenvalue weighted by Gasteiger charge is -2.10. The molecule has 0 aliphatic heterocycles. The normalized spacial score (nSPS) is 11.0. The molecule has 0 fully saturated rings. The quantitative estimate of drug-likeness (QED) is 0.366. The second-order valence-corrected chi connectivity index (χ2v) is 5.47. The van der Waals surface area contributed by atoms with Gasteiger partial charge in [0.15, 0.2) is 10.9 Å². The van der Waals surface area contributed by atoms with Crippen molar-refractivity contribution in [2.75, 3.05) is 7.11 Å². The molecule has 2 rings (SSSR count). The van der Waals surface area contributed by atoms with Crippen LogP contribution in [-0.2, 0) is 0 Å². The second kappa shape index (κ2) is 7.71. The Morgan fingerprint density at radius 2 is 2.04 bits per heavy atom. The van der Waals surface area contributed by atoms with E-state index >= 15 is 0 Å². The molecule has 3 N–H and O–H groups in total. The number of nitrogens with one attached hydrogen (secondary N) is 1. The molecular weight excluding hydrogens is 352 g/mol. The van der Waals surface area contributed by atoms with Gasteiger partial charge in [-0.3, -0.25) is 15.5 Å². The lowest BCUT2D eigenvalue weighted by atomic mass is 10.0. The van der Waals surface area contributed by atoms with E-state index in [-0.39, 0.29) is 16.5 Å². The number of hydrogen-bond donors (Lipinski definition) is 2. The van der Waals surface area contributed by atoms with Crippen molar-refractivity contribution in [2.45, 2.75) is 0 Å². The molecular formula is C15H13ClN4O3S. The molecule has 7 nitrogen and oxygen atoms in total. The molecule has 0 aromatic heterocycles. The molecule has 0 amide bonds. The molecule has 0 bridgehead atoms. The molecule has 0 heterocycles. The fraction of sp³-hybridized carbons (Fsp3) is 0.0667. The first-order valence-electron chi connectivity index (χ1n) is 6.64. The van der Waals surface area contributed by atoms with Crippen LogP contribution in [0.4, 0.5) is 5.69 Å². The van der Waals surface area contributed by atoms with E-state index in [2.05, 4.69) is 10.5 Å². The predicted octanol–water partition coefficient (Wildman–Crippen LogP) is 2.84. The molecule has 9 heteroatoms. The lowest BCUT2D eigenvalue weighted by molar-refractivity contribution is -0.385. The third kappa shape index (κ3) is 4.18. The van der Waals surface area contributed by atoms with Gasteiger partial charge in [-0.25, -0.2) is 0 Å². The van der Waals surface area contributed by atoms with Crippen molar-refractivity contribution in [2.24, 2.45) is 10.8 Å². The number of ether oxygens (including phenoxy) is 1. The minimum absolute atomic E-state index is 0.0301. The van der Waals surface area contributed by atoms with Gasteiger partial charge in [0.05, 0.1) is 17.7 Å². The number of nitrogens with zero attached hydrogens (tertiary/aromatic N) is 2. The highest BCUT2D eigenvalue weighted by molar-refractivity contribution is 7.80. The Hall–Kier alpha value is -2.71. The van der Waals surface area contributed by atoms with Gasteiger partial charge in [0, 0.05) is 22.2 Å². The summed E-state index contributed by atoms with van der Waals surface area (Å²) in [5.41, 5.74) is 9.24. The highest BCUT2D eigenvalue weighted by Crippen LogP contribution is 2.29. The number of thiocarbonyl (C=S) groups is 1. The zero-order valence-corrected chi connectivity index (χ0v) is 14.1. The van der Waals surface area contributed by atoms with Crippen molar-refractivity contribution in [3.8, 4) is 5.75 Å². The molecule has 0 aliphatic carbocycles. The van der Waals surface area contributed by atoms with Crippen LogP contribution in [-0.4, -0.2) is 22.9 Å². The van der Waals surface area contributed by atoms with Gasteiger partial charge < -0.3 is 10.5 Å². The summed E-state index contributed by atoms with van der Waals surface area (Å²) in [5.74, 6) is 0.150. The first kappa shape index (κ1) is 17.6. The highest BCUT2D eigenvalue weighted by Gasteiger charge is 2.18. The van der Waals surface area contributed by atoms with Crippen LogP contribution in [0.5, 0.6) is 5.75 Å². The van der Waals surface area contributed by atoms with E-state index in [0.29, 0.717) is 21.9 Å². The van der Waals surface area contributed by atoms with Gasteiger partial charge in [-0.15, -0.1) is 0 Å². The lowest BCUT2D eigenvalue weighted by Crippen LogP contribution is -2.26. The maximum atomic E-state index is 11.2. The second-order valence-electron chi connectivity index (χ2n) is 4.59. The monoisotopic (exact) mass is 364 g/mol. The molecule has 0 radical (unpaired) electrons. The van der Waals surface area contributed by atoms with E-state index in [0.717, 1.165) is 0 Å². The maximum absolute atomic E-state index is 11.2. The van der Waals surface area contributed by atoms with Gasteiger partial charge in [-0.1, -0.05) is 23.7 Å². The number of benzene rings is 2. The average molecular weight is 365 g/mol. The minimum Gasteiger partial charge on any atom is -0.490 e. The SMILES string of the molecule is COc1ccc(/C(=N\NC(N)=S)c2cccc(Cl)c2)cc1[N+](=O)[O-]. The van der Waals surface area contributed by atoms with Crippen molar-refractivity contribution in [1.82, 2.24) is 5.43 Å². The number of nitrogens with two attached hydrogens (primary N) is 1. The third-order valence-electron chi connectivity index (χ3n) is 3.02. The Morgan fingerprint density at radius 3 is 2.62 bits per heavy atom. The van der Waals surface area contributed by atoms with Gasteiger partial charge in [0.25, 0.3) is 0 Å². The number of halogens is 1. The van der Waals surface area contributed by atoms with Gasteiger partial charge in [0.2, 0.25) is 0 Å². The van der Waals surface area contributed by atoms with Crippen LogP contribution in [0.2, 0.25) is 5.02 Å². The van der Waals surface area contributed by atoms with Gasteiger partial charge in [-0.2, -0.15) is 5.10 Å². The number of nitro groups is 1. The van der Waals surface area contributed by atoms with Crippen LogP contribution in [0.25, 0.3) is 0 Å². The fourth-order valence-corrected chi connectivity index (χ4v) is 2.26. The Balaban J connectivity index is 2.59. The topological polar surface area (TPSA) is 103 Å². The Bertz CT molecular complexity index is 826. The molecule has 0 saturated carbocycles. The van der Waals surface area contributed by atoms with Crippen LogP contribution in [0.15, 0.2) is 47.6 Å². The number of hydrogen-bond acceptors (Lipinski definition) is 5. The molecule has 0 saturated heterocycles. The van der Waals surface area contributed by atoms with Crippen molar-refractivity contribution >= 4 is 40.3 Å². The molecule has 124 valence electrons. The summed E-state index contributed by atoms with van der Waals surface area (Å²) in [6, 6.07) is 11.4. The van der Waals surface area contributed by atoms with Crippen LogP contribution in [0.3, 0.4) is 0 Å². The summed E-state index contributed by atoms with van der Waals surface area (Å²) in [6.07, 6.45) is 0. The van der Waals surface area contributed by atoms with Crippen LogP contribution >= 0.6 is 23.8 Å². The maximum Gasteiger partial charge on any atom is 0.311 e. The van der Waals surface area contributed by atoms with Crippen LogP contribution in [0, 0.1) is 10.1 Å². The molecule has 2 aromatic carbocycles. The molecule has 24 heavy (non-hydrogen) atoms. The van der Waals surface area contributed by atoms with Gasteiger partial charge in [-0.05, 0) is 36.5 Å². The third-order valence-corrected chi connectivity index (χ3v) is 3.35. The summed E-state index contributed by atoms with van der Waals surface area (Å²) in [4.78, 5) is 10.7. The van der Waals surface area contributed by atoms with E-state index in [1.54, 1.807) is 30.3 Å². The van der Waals surface area contributed by atoms with E-state index in [1.165, 1.54) is 19.2 Å².